The zero-order valence-corrected chi connectivity index (χ0v) is 19.5. The Bertz CT molecular complexity index is 1150. The first kappa shape index (κ1) is 22.8. The third-order valence-electron chi connectivity index (χ3n) is 6.30. The van der Waals surface area contributed by atoms with Crippen molar-refractivity contribution in [3.05, 3.63) is 45.5 Å². The molecule has 10 heteroatoms. The molecule has 5 rings (SSSR count). The molecule has 32 heavy (non-hydrogen) atoms. The lowest BCUT2D eigenvalue weighted by atomic mass is 10.1. The minimum absolute atomic E-state index is 0. The first-order chi connectivity index (χ1) is 15.1. The van der Waals surface area contributed by atoms with Crippen LogP contribution in [0, 0.1) is 6.92 Å². The summed E-state index contributed by atoms with van der Waals surface area (Å²) < 4.78 is 1.77. The number of fused-ring (bicyclic) bond motifs is 1. The number of rotatable bonds is 4. The van der Waals surface area contributed by atoms with Crippen LogP contribution in [-0.4, -0.2) is 45.7 Å². The van der Waals surface area contributed by atoms with Crippen LogP contribution >= 0.6 is 24.0 Å². The van der Waals surface area contributed by atoms with Gasteiger partial charge in [0.05, 0.1) is 11.9 Å². The maximum atomic E-state index is 13.0. The largest absolute Gasteiger partial charge is 0.368 e. The van der Waals surface area contributed by atoms with Gasteiger partial charge in [0.15, 0.2) is 0 Å². The number of hydrogen-bond acceptors (Lipinski definition) is 7. The summed E-state index contributed by atoms with van der Waals surface area (Å²) in [5.41, 5.74) is 2.29. The number of piperazine rings is 1. The van der Waals surface area contributed by atoms with Crippen LogP contribution in [0.4, 0.5) is 17.5 Å². The molecule has 1 aliphatic heterocycles. The number of aromatic nitrogens is 4. The van der Waals surface area contributed by atoms with Gasteiger partial charge >= 0.3 is 0 Å². The van der Waals surface area contributed by atoms with Crippen molar-refractivity contribution in [1.29, 1.82) is 0 Å². The average molecular weight is 476 g/mol. The molecule has 2 aliphatic rings. The van der Waals surface area contributed by atoms with Crippen molar-refractivity contribution in [3.8, 4) is 0 Å². The topological polar surface area (TPSA) is 88.0 Å². The lowest BCUT2D eigenvalue weighted by Crippen LogP contribution is -2.43. The number of nitrogens with one attached hydrogen (secondary N) is 2. The number of halogens is 2. The molecule has 1 saturated carbocycles. The first-order valence-corrected chi connectivity index (χ1v) is 11.3. The van der Waals surface area contributed by atoms with Crippen LogP contribution in [0.3, 0.4) is 0 Å². The molecule has 170 valence electrons. The molecule has 0 aromatic carbocycles. The van der Waals surface area contributed by atoms with E-state index in [1.54, 1.807) is 10.8 Å². The van der Waals surface area contributed by atoms with Gasteiger partial charge in [0.1, 0.15) is 16.5 Å². The SMILES string of the molecule is Cc1c(Cl)c(=O)n(C2CCCC2)c2nc(Nc3ccc(N4CCNCC4)cn3)ncc12.Cl. The van der Waals surface area contributed by atoms with Crippen molar-refractivity contribution in [2.24, 2.45) is 0 Å². The fraction of sp³-hybridized carbons (Fsp3) is 0.455. The summed E-state index contributed by atoms with van der Waals surface area (Å²) in [5, 5.41) is 7.61. The van der Waals surface area contributed by atoms with Crippen molar-refractivity contribution < 1.29 is 0 Å². The molecule has 0 unspecified atom stereocenters. The summed E-state index contributed by atoms with van der Waals surface area (Å²) in [6, 6.07) is 4.12. The van der Waals surface area contributed by atoms with E-state index in [1.165, 1.54) is 0 Å². The standard InChI is InChI=1S/C22H26ClN7O.ClH/c1-14-17-13-26-22(27-18-7-6-16(12-25-18)29-10-8-24-9-11-29)28-20(17)30(21(31)19(14)23)15-4-2-3-5-15;/h6-7,12-13,15,24H,2-5,8-11H2,1H3,(H,25,26,27,28);1H. The Labute approximate surface area is 197 Å². The van der Waals surface area contributed by atoms with Crippen molar-refractivity contribution in [3.63, 3.8) is 0 Å². The van der Waals surface area contributed by atoms with Crippen LogP contribution in [-0.2, 0) is 0 Å². The number of anilines is 3. The van der Waals surface area contributed by atoms with Crippen LogP contribution in [0.1, 0.15) is 37.3 Å². The molecule has 3 aromatic heterocycles. The molecule has 0 atom stereocenters. The summed E-state index contributed by atoms with van der Waals surface area (Å²) in [6.07, 6.45) is 7.78. The Morgan fingerprint density at radius 1 is 1.12 bits per heavy atom. The number of pyridine rings is 2. The van der Waals surface area contributed by atoms with E-state index < -0.39 is 0 Å². The van der Waals surface area contributed by atoms with Crippen LogP contribution in [0.2, 0.25) is 5.02 Å². The second-order valence-electron chi connectivity index (χ2n) is 8.25. The Kier molecular flexibility index (Phi) is 6.83. The predicted molar refractivity (Wildman–Crippen MR) is 131 cm³/mol. The highest BCUT2D eigenvalue weighted by Crippen LogP contribution is 2.32. The molecule has 8 nitrogen and oxygen atoms in total. The molecule has 0 bridgehead atoms. The van der Waals surface area contributed by atoms with Crippen LogP contribution < -0.4 is 21.1 Å². The highest BCUT2D eigenvalue weighted by Gasteiger charge is 2.24. The van der Waals surface area contributed by atoms with Crippen LogP contribution in [0.25, 0.3) is 11.0 Å². The predicted octanol–water partition coefficient (Wildman–Crippen LogP) is 3.84. The van der Waals surface area contributed by atoms with E-state index in [4.69, 9.17) is 16.6 Å². The maximum Gasteiger partial charge on any atom is 0.271 e. The van der Waals surface area contributed by atoms with Gasteiger partial charge in [-0.3, -0.25) is 9.36 Å². The third-order valence-corrected chi connectivity index (χ3v) is 6.74. The van der Waals surface area contributed by atoms with E-state index in [9.17, 15) is 4.79 Å². The van der Waals surface area contributed by atoms with E-state index in [0.29, 0.717) is 17.4 Å². The Balaban J connectivity index is 0.00000245. The average Bonchev–Trinajstić information content (AvgIpc) is 3.33. The monoisotopic (exact) mass is 475 g/mol. The van der Waals surface area contributed by atoms with Gasteiger partial charge in [-0.1, -0.05) is 24.4 Å². The summed E-state index contributed by atoms with van der Waals surface area (Å²) >= 11 is 6.37. The van der Waals surface area contributed by atoms with Crippen molar-refractivity contribution in [1.82, 2.24) is 24.8 Å². The molecule has 2 N–H and O–H groups in total. The van der Waals surface area contributed by atoms with Gasteiger partial charge in [0, 0.05) is 43.8 Å². The number of aryl methyl sites for hydroxylation is 1. The normalized spacial score (nSPS) is 16.9. The van der Waals surface area contributed by atoms with Gasteiger partial charge in [-0.25, -0.2) is 9.97 Å². The van der Waals surface area contributed by atoms with Gasteiger partial charge in [0.25, 0.3) is 5.56 Å². The van der Waals surface area contributed by atoms with E-state index in [1.807, 2.05) is 19.2 Å². The van der Waals surface area contributed by atoms with Crippen LogP contribution in [0.5, 0.6) is 0 Å². The molecule has 4 heterocycles. The molecule has 0 amide bonds. The minimum atomic E-state index is -0.165. The van der Waals surface area contributed by atoms with Gasteiger partial charge in [0.2, 0.25) is 5.95 Å². The van der Waals surface area contributed by atoms with Crippen molar-refractivity contribution in [2.75, 3.05) is 36.4 Å². The number of nitrogens with zero attached hydrogens (tertiary/aromatic N) is 5. The summed E-state index contributed by atoms with van der Waals surface area (Å²) in [5.74, 6) is 1.08. The van der Waals surface area contributed by atoms with Gasteiger partial charge in [-0.15, -0.1) is 12.4 Å². The second-order valence-corrected chi connectivity index (χ2v) is 8.62. The molecular weight excluding hydrogens is 449 g/mol. The third kappa shape index (κ3) is 4.27. The molecule has 2 fully saturated rings. The first-order valence-electron chi connectivity index (χ1n) is 10.9. The van der Waals surface area contributed by atoms with Crippen molar-refractivity contribution in [2.45, 2.75) is 38.6 Å². The molecule has 0 spiro atoms. The lowest BCUT2D eigenvalue weighted by Gasteiger charge is -2.29. The molecule has 1 aliphatic carbocycles. The van der Waals surface area contributed by atoms with E-state index in [-0.39, 0.29) is 29.0 Å². The lowest BCUT2D eigenvalue weighted by molar-refractivity contribution is 0.515. The Hall–Kier alpha value is -2.42. The zero-order chi connectivity index (χ0) is 21.4. The molecule has 1 saturated heterocycles. The molecule has 3 aromatic rings. The quantitative estimate of drug-likeness (QED) is 0.592. The summed E-state index contributed by atoms with van der Waals surface area (Å²) in [6.45, 7) is 5.76. The smallest absolute Gasteiger partial charge is 0.271 e. The summed E-state index contributed by atoms with van der Waals surface area (Å²) in [7, 11) is 0. The van der Waals surface area contributed by atoms with E-state index in [2.05, 4.69) is 31.6 Å². The minimum Gasteiger partial charge on any atom is -0.368 e. The van der Waals surface area contributed by atoms with Gasteiger partial charge in [-0.2, -0.15) is 4.98 Å². The summed E-state index contributed by atoms with van der Waals surface area (Å²) in [4.78, 5) is 29.0. The fourth-order valence-electron chi connectivity index (χ4n) is 4.55. The van der Waals surface area contributed by atoms with Gasteiger partial charge in [-0.05, 0) is 37.5 Å². The fourth-order valence-corrected chi connectivity index (χ4v) is 4.74. The van der Waals surface area contributed by atoms with E-state index in [0.717, 1.165) is 68.5 Å². The highest BCUT2D eigenvalue weighted by molar-refractivity contribution is 6.32. The number of hydrogen-bond donors (Lipinski definition) is 2. The van der Waals surface area contributed by atoms with E-state index >= 15 is 0 Å². The maximum absolute atomic E-state index is 13.0. The Morgan fingerprint density at radius 2 is 1.88 bits per heavy atom. The highest BCUT2D eigenvalue weighted by atomic mass is 35.5. The molecular formula is C22H27Cl2N7O. The Morgan fingerprint density at radius 3 is 2.56 bits per heavy atom. The second kappa shape index (κ2) is 9.60. The molecule has 0 radical (unpaired) electrons. The van der Waals surface area contributed by atoms with Crippen molar-refractivity contribution >= 4 is 52.5 Å². The van der Waals surface area contributed by atoms with Gasteiger partial charge < -0.3 is 15.5 Å². The zero-order valence-electron chi connectivity index (χ0n) is 18.0. The van der Waals surface area contributed by atoms with Crippen LogP contribution in [0.15, 0.2) is 29.3 Å².